The Kier molecular flexibility index (Phi) is 6.22. The van der Waals surface area contributed by atoms with Crippen molar-refractivity contribution in [2.24, 2.45) is 5.92 Å². The van der Waals surface area contributed by atoms with Gasteiger partial charge in [-0.15, -0.1) is 11.3 Å². The maximum absolute atomic E-state index is 6.11. The van der Waals surface area contributed by atoms with E-state index < -0.39 is 0 Å². The van der Waals surface area contributed by atoms with Crippen LogP contribution in [0.5, 0.6) is 0 Å². The number of thiocarbonyl (C=S) groups is 1. The highest BCUT2D eigenvalue weighted by molar-refractivity contribution is 7.80. The normalized spacial score (nSPS) is 17.0. The molecule has 0 amide bonds. The maximum atomic E-state index is 6.11. The Balaban J connectivity index is 1.78. The maximum Gasteiger partial charge on any atom is 0.258 e. The van der Waals surface area contributed by atoms with Gasteiger partial charge >= 0.3 is 0 Å². The van der Waals surface area contributed by atoms with E-state index in [2.05, 4.69) is 36.1 Å². The summed E-state index contributed by atoms with van der Waals surface area (Å²) in [5, 5.41) is 11.1. The highest BCUT2D eigenvalue weighted by Crippen LogP contribution is 2.38. The molecule has 0 bridgehead atoms. The molecular formula is C22H23ClN4OS2. The monoisotopic (exact) mass is 458 g/mol. The van der Waals surface area contributed by atoms with E-state index >= 15 is 0 Å². The lowest BCUT2D eigenvalue weighted by Gasteiger charge is -2.37. The molecule has 2 aromatic heterocycles. The van der Waals surface area contributed by atoms with Crippen LogP contribution in [0.1, 0.15) is 44.7 Å². The molecule has 1 aromatic carbocycles. The van der Waals surface area contributed by atoms with Crippen LogP contribution in [0, 0.1) is 5.92 Å². The topological polar surface area (TPSA) is 54.2 Å². The third kappa shape index (κ3) is 4.29. The summed E-state index contributed by atoms with van der Waals surface area (Å²) < 4.78 is 5.73. The van der Waals surface area contributed by atoms with Crippen LogP contribution >= 0.6 is 35.2 Å². The van der Waals surface area contributed by atoms with Gasteiger partial charge in [-0.05, 0) is 60.6 Å². The van der Waals surface area contributed by atoms with Crippen molar-refractivity contribution in [3.8, 4) is 10.7 Å². The van der Waals surface area contributed by atoms with Crippen molar-refractivity contribution in [2.75, 3.05) is 6.54 Å². The van der Waals surface area contributed by atoms with Crippen LogP contribution < -0.4 is 5.32 Å². The first-order chi connectivity index (χ1) is 14.4. The molecule has 5 nitrogen and oxygen atoms in total. The van der Waals surface area contributed by atoms with Gasteiger partial charge in [-0.25, -0.2) is 0 Å². The van der Waals surface area contributed by atoms with Gasteiger partial charge in [0.15, 0.2) is 5.11 Å². The van der Waals surface area contributed by atoms with Gasteiger partial charge in [0.05, 0.1) is 16.5 Å². The quantitative estimate of drug-likeness (QED) is 0.446. The second kappa shape index (κ2) is 8.88. The van der Waals surface area contributed by atoms with Crippen molar-refractivity contribution in [2.45, 2.75) is 33.2 Å². The Bertz CT molecular complexity index is 1060. The summed E-state index contributed by atoms with van der Waals surface area (Å²) in [6.07, 6.45) is 1.03. The average Bonchev–Trinajstić information content (AvgIpc) is 3.39. The van der Waals surface area contributed by atoms with Gasteiger partial charge in [0.1, 0.15) is 0 Å². The summed E-state index contributed by atoms with van der Waals surface area (Å²) in [6.45, 7) is 7.32. The predicted molar refractivity (Wildman–Crippen MR) is 126 cm³/mol. The largest absolute Gasteiger partial charge is 0.351 e. The highest BCUT2D eigenvalue weighted by Gasteiger charge is 2.34. The van der Waals surface area contributed by atoms with Crippen LogP contribution in [0.2, 0.25) is 5.02 Å². The first-order valence-corrected chi connectivity index (χ1v) is 11.5. The number of aromatic nitrogens is 2. The van der Waals surface area contributed by atoms with Crippen LogP contribution in [0.15, 0.2) is 52.0 Å². The minimum atomic E-state index is -0.193. The standard InChI is InChI=1S/C22H23ClN4OS2/c1-13(2)10-11-27-14(3)18(21-25-20(26-28-21)17-5-4-12-30-17)19(24-22(27)29)15-6-8-16(23)9-7-15/h4-9,12-13,19H,10-11H2,1-3H3,(H,24,29). The molecule has 3 heterocycles. The highest BCUT2D eigenvalue weighted by atomic mass is 35.5. The van der Waals surface area contributed by atoms with E-state index in [9.17, 15) is 0 Å². The number of thiophene rings is 1. The molecule has 0 radical (unpaired) electrons. The SMILES string of the molecule is CC1=C(c2nc(-c3cccs3)no2)C(c2ccc(Cl)cc2)NC(=S)N1CCC(C)C. The first kappa shape index (κ1) is 21.0. The lowest BCUT2D eigenvalue weighted by atomic mass is 9.94. The van der Waals surface area contributed by atoms with Gasteiger partial charge in [0, 0.05) is 17.3 Å². The predicted octanol–water partition coefficient (Wildman–Crippen LogP) is 6.16. The molecule has 0 fully saturated rings. The Morgan fingerprint density at radius 2 is 2.03 bits per heavy atom. The summed E-state index contributed by atoms with van der Waals surface area (Å²) in [4.78, 5) is 7.82. The smallest absolute Gasteiger partial charge is 0.258 e. The van der Waals surface area contributed by atoms with Crippen LogP contribution in [-0.4, -0.2) is 26.7 Å². The van der Waals surface area contributed by atoms with Crippen molar-refractivity contribution in [3.63, 3.8) is 0 Å². The Labute approximate surface area is 190 Å². The van der Waals surface area contributed by atoms with E-state index in [-0.39, 0.29) is 6.04 Å². The van der Waals surface area contributed by atoms with Crippen LogP contribution in [0.3, 0.4) is 0 Å². The van der Waals surface area contributed by atoms with E-state index in [1.54, 1.807) is 11.3 Å². The molecule has 1 atom stereocenters. The lowest BCUT2D eigenvalue weighted by Crippen LogP contribution is -2.46. The molecule has 1 N–H and O–H groups in total. The zero-order valence-electron chi connectivity index (χ0n) is 17.1. The molecule has 0 spiro atoms. The Morgan fingerprint density at radius 1 is 1.27 bits per heavy atom. The van der Waals surface area contributed by atoms with Crippen molar-refractivity contribution in [1.29, 1.82) is 0 Å². The molecule has 0 saturated carbocycles. The summed E-state index contributed by atoms with van der Waals surface area (Å²) >= 11 is 13.4. The zero-order chi connectivity index (χ0) is 21.3. The lowest BCUT2D eigenvalue weighted by molar-refractivity contribution is 0.390. The van der Waals surface area contributed by atoms with Crippen LogP contribution in [0.4, 0.5) is 0 Å². The van der Waals surface area contributed by atoms with Gasteiger partial charge in [0.2, 0.25) is 5.82 Å². The fourth-order valence-electron chi connectivity index (χ4n) is 3.46. The van der Waals surface area contributed by atoms with E-state index in [1.165, 1.54) is 0 Å². The number of allylic oxidation sites excluding steroid dienone is 1. The summed E-state index contributed by atoms with van der Waals surface area (Å²) in [5.74, 6) is 1.67. The van der Waals surface area contributed by atoms with Crippen LogP contribution in [-0.2, 0) is 0 Å². The average molecular weight is 459 g/mol. The molecule has 1 unspecified atom stereocenters. The Hall–Kier alpha value is -2.22. The molecule has 4 rings (SSSR count). The molecule has 8 heteroatoms. The second-order valence-electron chi connectivity index (χ2n) is 7.67. The molecule has 30 heavy (non-hydrogen) atoms. The van der Waals surface area contributed by atoms with Crippen LogP contribution in [0.25, 0.3) is 16.3 Å². The van der Waals surface area contributed by atoms with Gasteiger partial charge in [0.25, 0.3) is 5.89 Å². The summed E-state index contributed by atoms with van der Waals surface area (Å²) in [7, 11) is 0. The first-order valence-electron chi connectivity index (χ1n) is 9.86. The number of benzene rings is 1. The number of halogens is 1. The van der Waals surface area contributed by atoms with E-state index in [1.807, 2.05) is 41.8 Å². The Morgan fingerprint density at radius 3 is 2.70 bits per heavy atom. The van der Waals surface area contributed by atoms with Gasteiger partial charge in [-0.1, -0.05) is 48.8 Å². The fourth-order valence-corrected chi connectivity index (χ4v) is 4.58. The number of hydrogen-bond donors (Lipinski definition) is 1. The molecule has 1 aliphatic rings. The molecule has 1 aliphatic heterocycles. The van der Waals surface area contributed by atoms with Crippen molar-refractivity contribution >= 4 is 45.8 Å². The third-order valence-corrected chi connectivity index (χ3v) is 6.58. The second-order valence-corrected chi connectivity index (χ2v) is 9.44. The number of rotatable bonds is 6. The minimum Gasteiger partial charge on any atom is -0.351 e. The number of nitrogens with zero attached hydrogens (tertiary/aromatic N) is 3. The number of hydrogen-bond acceptors (Lipinski definition) is 5. The molecule has 3 aromatic rings. The molecule has 156 valence electrons. The zero-order valence-corrected chi connectivity index (χ0v) is 19.4. The van der Waals surface area contributed by atoms with Crippen molar-refractivity contribution in [3.05, 3.63) is 64.0 Å². The fraction of sp³-hybridized carbons (Fsp3) is 0.318. The molecular weight excluding hydrogens is 436 g/mol. The number of nitrogens with one attached hydrogen (secondary N) is 1. The van der Waals surface area contributed by atoms with Crippen molar-refractivity contribution < 1.29 is 4.52 Å². The summed E-state index contributed by atoms with van der Waals surface area (Å²) in [6, 6.07) is 11.5. The van der Waals surface area contributed by atoms with Crippen molar-refractivity contribution in [1.82, 2.24) is 20.4 Å². The van der Waals surface area contributed by atoms with E-state index in [4.69, 9.17) is 33.3 Å². The minimum absolute atomic E-state index is 0.193. The summed E-state index contributed by atoms with van der Waals surface area (Å²) in [5.41, 5.74) is 3.00. The van der Waals surface area contributed by atoms with E-state index in [0.29, 0.717) is 27.8 Å². The van der Waals surface area contributed by atoms with Gasteiger partial charge < -0.3 is 14.7 Å². The van der Waals surface area contributed by atoms with Gasteiger partial charge in [-0.3, -0.25) is 0 Å². The molecule has 0 aliphatic carbocycles. The van der Waals surface area contributed by atoms with E-state index in [0.717, 1.165) is 34.7 Å². The third-order valence-electron chi connectivity index (χ3n) is 5.13. The molecule has 0 saturated heterocycles. The van der Waals surface area contributed by atoms with Gasteiger partial charge in [-0.2, -0.15) is 4.98 Å².